The maximum absolute atomic E-state index is 10.8. The van der Waals surface area contributed by atoms with Crippen LogP contribution in [0.4, 0.5) is 16.2 Å². The number of halogens is 2. The molecular weight excluding hydrogens is 325 g/mol. The van der Waals surface area contributed by atoms with Crippen molar-refractivity contribution in [2.45, 2.75) is 6.42 Å². The molecule has 0 spiro atoms. The van der Waals surface area contributed by atoms with Gasteiger partial charge in [-0.05, 0) is 41.8 Å². The molecule has 3 N–H and O–H groups in total. The van der Waals surface area contributed by atoms with E-state index in [1.165, 1.54) is 6.08 Å². The fourth-order valence-electron chi connectivity index (χ4n) is 1.94. The summed E-state index contributed by atoms with van der Waals surface area (Å²) in [6, 6.07) is 9.74. The Balaban J connectivity index is 2.20. The van der Waals surface area contributed by atoms with E-state index in [1.54, 1.807) is 24.3 Å². The quantitative estimate of drug-likeness (QED) is 0.652. The highest BCUT2D eigenvalue weighted by atomic mass is 35.5. The van der Waals surface area contributed by atoms with Crippen LogP contribution in [-0.2, 0) is 11.2 Å². The number of benzene rings is 2. The number of hydrogen-bond acceptors (Lipinski definition) is 3. The number of rotatable bonds is 4. The van der Waals surface area contributed by atoms with E-state index in [2.05, 4.69) is 10.3 Å². The molecule has 0 aliphatic heterocycles. The van der Waals surface area contributed by atoms with Gasteiger partial charge in [0.15, 0.2) is 0 Å². The van der Waals surface area contributed by atoms with Gasteiger partial charge >= 0.3 is 6.03 Å². The number of carbonyl (C=O) groups excluding carboxylic acids is 2. The molecule has 0 atom stereocenters. The summed E-state index contributed by atoms with van der Waals surface area (Å²) in [5.74, 6) is 0. The average Bonchev–Trinajstić information content (AvgIpc) is 2.45. The van der Waals surface area contributed by atoms with Crippen LogP contribution < -0.4 is 11.1 Å². The molecule has 112 valence electrons. The Morgan fingerprint density at radius 2 is 1.77 bits per heavy atom. The third-order valence-electron chi connectivity index (χ3n) is 2.88. The minimum atomic E-state index is -0.673. The molecule has 0 heterocycles. The van der Waals surface area contributed by atoms with Gasteiger partial charge in [-0.1, -0.05) is 35.3 Å². The van der Waals surface area contributed by atoms with Crippen LogP contribution in [-0.4, -0.2) is 12.1 Å². The van der Waals surface area contributed by atoms with Crippen molar-refractivity contribution in [3.63, 3.8) is 0 Å². The first-order valence-corrected chi connectivity index (χ1v) is 6.96. The zero-order valence-electron chi connectivity index (χ0n) is 11.3. The second-order valence-electron chi connectivity index (χ2n) is 4.47. The van der Waals surface area contributed by atoms with Crippen LogP contribution in [0.2, 0.25) is 10.0 Å². The number of urea groups is 1. The molecule has 2 rings (SSSR count). The molecular formula is C15H11Cl2N3O2. The van der Waals surface area contributed by atoms with Crippen LogP contribution in [0.1, 0.15) is 11.1 Å². The maximum atomic E-state index is 10.8. The normalized spacial score (nSPS) is 9.91. The highest BCUT2D eigenvalue weighted by Crippen LogP contribution is 2.28. The zero-order chi connectivity index (χ0) is 16.1. The lowest BCUT2D eigenvalue weighted by molar-refractivity contribution is 0.259. The number of aliphatic imine (C=N–C) groups is 1. The Morgan fingerprint density at radius 3 is 2.32 bits per heavy atom. The van der Waals surface area contributed by atoms with Crippen molar-refractivity contribution in [2.75, 3.05) is 5.32 Å². The summed E-state index contributed by atoms with van der Waals surface area (Å²) in [5, 5.41) is 3.20. The van der Waals surface area contributed by atoms with Crippen molar-refractivity contribution < 1.29 is 9.59 Å². The summed E-state index contributed by atoms with van der Waals surface area (Å²) >= 11 is 12.1. The third kappa shape index (κ3) is 4.09. The zero-order valence-corrected chi connectivity index (χ0v) is 12.8. The Labute approximate surface area is 136 Å². The summed E-state index contributed by atoms with van der Waals surface area (Å²) < 4.78 is 0. The minimum absolute atomic E-state index is 0.374. The summed E-state index contributed by atoms with van der Waals surface area (Å²) in [6.07, 6.45) is 2.04. The van der Waals surface area contributed by atoms with Crippen molar-refractivity contribution in [1.29, 1.82) is 0 Å². The van der Waals surface area contributed by atoms with Crippen LogP contribution in [0, 0.1) is 0 Å². The number of amides is 2. The molecule has 0 unspecified atom stereocenters. The Hall–Kier alpha value is -2.33. The van der Waals surface area contributed by atoms with Crippen LogP contribution in [0.15, 0.2) is 41.4 Å². The molecule has 7 heteroatoms. The van der Waals surface area contributed by atoms with Gasteiger partial charge in [-0.25, -0.2) is 9.59 Å². The number of primary amides is 1. The van der Waals surface area contributed by atoms with E-state index in [-0.39, 0.29) is 0 Å². The maximum Gasteiger partial charge on any atom is 0.316 e. The largest absolute Gasteiger partial charge is 0.351 e. The Bertz CT molecular complexity index is 771. The molecule has 0 bridgehead atoms. The predicted molar refractivity (Wildman–Crippen MR) is 86.7 cm³/mol. The molecule has 5 nitrogen and oxygen atoms in total. The van der Waals surface area contributed by atoms with Gasteiger partial charge in [0.1, 0.15) is 0 Å². The summed E-state index contributed by atoms with van der Waals surface area (Å²) in [6.45, 7) is 0. The van der Waals surface area contributed by atoms with E-state index in [0.717, 1.165) is 11.1 Å². The SMILES string of the molecule is NC(=O)Nc1ccc(Cc2ccc(N=C=O)c(Cl)c2)cc1Cl. The molecule has 2 aromatic rings. The smallest absolute Gasteiger partial charge is 0.316 e. The first-order valence-electron chi connectivity index (χ1n) is 6.21. The van der Waals surface area contributed by atoms with E-state index in [0.29, 0.717) is 27.8 Å². The van der Waals surface area contributed by atoms with E-state index in [4.69, 9.17) is 28.9 Å². The molecule has 2 aromatic carbocycles. The van der Waals surface area contributed by atoms with E-state index >= 15 is 0 Å². The summed E-state index contributed by atoms with van der Waals surface area (Å²) in [4.78, 5) is 24.6. The van der Waals surface area contributed by atoms with Gasteiger partial charge in [0.25, 0.3) is 0 Å². The lowest BCUT2D eigenvalue weighted by atomic mass is 10.0. The number of carbonyl (C=O) groups is 1. The van der Waals surface area contributed by atoms with Gasteiger partial charge in [-0.2, -0.15) is 4.99 Å². The van der Waals surface area contributed by atoms with Crippen molar-refractivity contribution in [1.82, 2.24) is 0 Å². The second-order valence-corrected chi connectivity index (χ2v) is 5.28. The Kier molecular flexibility index (Phi) is 5.17. The van der Waals surface area contributed by atoms with E-state index < -0.39 is 6.03 Å². The van der Waals surface area contributed by atoms with Crippen molar-refractivity contribution in [3.8, 4) is 0 Å². The van der Waals surface area contributed by atoms with E-state index in [1.807, 2.05) is 12.1 Å². The van der Waals surface area contributed by atoms with Crippen LogP contribution in [0.5, 0.6) is 0 Å². The van der Waals surface area contributed by atoms with Crippen molar-refractivity contribution in [3.05, 3.63) is 57.6 Å². The molecule has 0 aliphatic rings. The van der Waals surface area contributed by atoms with Gasteiger partial charge in [-0.15, -0.1) is 0 Å². The topological polar surface area (TPSA) is 84.6 Å². The molecule has 22 heavy (non-hydrogen) atoms. The Morgan fingerprint density at radius 1 is 1.14 bits per heavy atom. The van der Waals surface area contributed by atoms with Gasteiger partial charge in [0.2, 0.25) is 6.08 Å². The minimum Gasteiger partial charge on any atom is -0.351 e. The van der Waals surface area contributed by atoms with Crippen LogP contribution >= 0.6 is 23.2 Å². The monoisotopic (exact) mass is 335 g/mol. The fraction of sp³-hybridized carbons (Fsp3) is 0.0667. The molecule has 0 saturated carbocycles. The summed E-state index contributed by atoms with van der Waals surface area (Å²) in [5.41, 5.74) is 7.74. The van der Waals surface area contributed by atoms with Crippen LogP contribution in [0.25, 0.3) is 0 Å². The summed E-state index contributed by atoms with van der Waals surface area (Å²) in [7, 11) is 0. The lowest BCUT2D eigenvalue weighted by Gasteiger charge is -2.08. The fourth-order valence-corrected chi connectivity index (χ4v) is 2.43. The van der Waals surface area contributed by atoms with Gasteiger partial charge in [-0.3, -0.25) is 0 Å². The standard InChI is InChI=1S/C15H11Cl2N3O2/c16-11-6-9(1-3-13(11)19-8-21)5-10-2-4-14(12(17)7-10)20-15(18)22/h1-4,6-7H,5H2,(H3,18,20,22). The van der Waals surface area contributed by atoms with E-state index in [9.17, 15) is 9.59 Å². The number of nitrogens with two attached hydrogens (primary N) is 1. The highest BCUT2D eigenvalue weighted by molar-refractivity contribution is 6.34. The highest BCUT2D eigenvalue weighted by Gasteiger charge is 2.06. The molecule has 0 radical (unpaired) electrons. The van der Waals surface area contributed by atoms with Crippen molar-refractivity contribution >= 4 is 46.7 Å². The number of hydrogen-bond donors (Lipinski definition) is 2. The number of nitrogens with one attached hydrogen (secondary N) is 1. The lowest BCUT2D eigenvalue weighted by Crippen LogP contribution is -2.19. The molecule has 0 aliphatic carbocycles. The van der Waals surface area contributed by atoms with Gasteiger partial charge < -0.3 is 11.1 Å². The number of nitrogens with zero attached hydrogens (tertiary/aromatic N) is 1. The van der Waals surface area contributed by atoms with Crippen molar-refractivity contribution in [2.24, 2.45) is 10.7 Å². The molecule has 0 fully saturated rings. The third-order valence-corrected chi connectivity index (χ3v) is 3.49. The number of isocyanates is 1. The van der Waals surface area contributed by atoms with Crippen LogP contribution in [0.3, 0.4) is 0 Å². The number of anilines is 1. The molecule has 0 saturated heterocycles. The predicted octanol–water partition coefficient (Wildman–Crippen LogP) is 4.04. The molecule has 2 amide bonds. The van der Waals surface area contributed by atoms with Gasteiger partial charge in [0, 0.05) is 0 Å². The second kappa shape index (κ2) is 7.09. The first kappa shape index (κ1) is 16.0. The van der Waals surface area contributed by atoms with Gasteiger partial charge in [0.05, 0.1) is 21.4 Å². The first-order chi connectivity index (χ1) is 10.5. The average molecular weight is 336 g/mol. The molecule has 0 aromatic heterocycles.